The first-order valence-corrected chi connectivity index (χ1v) is 6.88. The molecule has 5 nitrogen and oxygen atoms in total. The van der Waals surface area contributed by atoms with Crippen LogP contribution in [0.15, 0.2) is 42.6 Å². The molecule has 2 aromatic rings. The Morgan fingerprint density at radius 1 is 1.24 bits per heavy atom. The summed E-state index contributed by atoms with van der Waals surface area (Å²) < 4.78 is 5.17. The van der Waals surface area contributed by atoms with Crippen molar-refractivity contribution in [3.63, 3.8) is 0 Å². The summed E-state index contributed by atoms with van der Waals surface area (Å²) in [7, 11) is 1.63. The summed E-state index contributed by atoms with van der Waals surface area (Å²) in [6, 6.07) is 11.1. The SMILES string of the molecule is CCCNC(=O)c1ccc(Nc2cccc(OC)c2)cn1. The molecule has 2 rings (SSSR count). The van der Waals surface area contributed by atoms with Crippen LogP contribution >= 0.6 is 0 Å². The van der Waals surface area contributed by atoms with Gasteiger partial charge in [0.05, 0.1) is 19.0 Å². The van der Waals surface area contributed by atoms with Gasteiger partial charge in [0.25, 0.3) is 5.91 Å². The lowest BCUT2D eigenvalue weighted by Crippen LogP contribution is -2.24. The molecular weight excluding hydrogens is 266 g/mol. The number of rotatable bonds is 6. The number of aromatic nitrogens is 1. The predicted molar refractivity (Wildman–Crippen MR) is 83.1 cm³/mol. The van der Waals surface area contributed by atoms with Crippen LogP contribution in [0.5, 0.6) is 5.75 Å². The maximum atomic E-state index is 11.7. The van der Waals surface area contributed by atoms with Gasteiger partial charge in [-0.1, -0.05) is 13.0 Å². The van der Waals surface area contributed by atoms with E-state index in [2.05, 4.69) is 15.6 Å². The quantitative estimate of drug-likeness (QED) is 0.856. The summed E-state index contributed by atoms with van der Waals surface area (Å²) in [6.45, 7) is 2.67. The van der Waals surface area contributed by atoms with Gasteiger partial charge in [0.2, 0.25) is 0 Å². The van der Waals surface area contributed by atoms with Crippen LogP contribution in [0.3, 0.4) is 0 Å². The summed E-state index contributed by atoms with van der Waals surface area (Å²) in [6.07, 6.45) is 2.54. The van der Waals surface area contributed by atoms with E-state index >= 15 is 0 Å². The number of amides is 1. The zero-order valence-corrected chi connectivity index (χ0v) is 12.2. The van der Waals surface area contributed by atoms with Gasteiger partial charge in [-0.2, -0.15) is 0 Å². The second-order valence-corrected chi connectivity index (χ2v) is 4.54. The Labute approximate surface area is 124 Å². The first-order chi connectivity index (χ1) is 10.2. The molecule has 110 valence electrons. The van der Waals surface area contributed by atoms with Gasteiger partial charge in [-0.15, -0.1) is 0 Å². The van der Waals surface area contributed by atoms with Gasteiger partial charge in [0.15, 0.2) is 0 Å². The van der Waals surface area contributed by atoms with Gasteiger partial charge in [0.1, 0.15) is 11.4 Å². The van der Waals surface area contributed by atoms with Gasteiger partial charge >= 0.3 is 0 Å². The van der Waals surface area contributed by atoms with E-state index in [0.29, 0.717) is 12.2 Å². The number of nitrogens with one attached hydrogen (secondary N) is 2. The standard InChI is InChI=1S/C16H19N3O2/c1-3-9-17-16(20)15-8-7-13(11-18-15)19-12-5-4-6-14(10-12)21-2/h4-8,10-11,19H,3,9H2,1-2H3,(H,17,20). The lowest BCUT2D eigenvalue weighted by atomic mass is 10.2. The highest BCUT2D eigenvalue weighted by atomic mass is 16.5. The minimum Gasteiger partial charge on any atom is -0.497 e. The molecule has 21 heavy (non-hydrogen) atoms. The molecule has 0 fully saturated rings. The topological polar surface area (TPSA) is 63.2 Å². The van der Waals surface area contributed by atoms with E-state index in [9.17, 15) is 4.79 Å². The highest BCUT2D eigenvalue weighted by Crippen LogP contribution is 2.20. The molecule has 0 unspecified atom stereocenters. The van der Waals surface area contributed by atoms with Crippen molar-refractivity contribution in [1.82, 2.24) is 10.3 Å². The third-order valence-electron chi connectivity index (χ3n) is 2.89. The van der Waals surface area contributed by atoms with Crippen molar-refractivity contribution in [2.24, 2.45) is 0 Å². The number of carbonyl (C=O) groups is 1. The molecule has 0 saturated heterocycles. The molecule has 5 heteroatoms. The molecule has 0 aliphatic carbocycles. The predicted octanol–water partition coefficient (Wildman–Crippen LogP) is 2.97. The van der Waals surface area contributed by atoms with Crippen LogP contribution in [0.2, 0.25) is 0 Å². The van der Waals surface area contributed by atoms with E-state index in [1.807, 2.05) is 37.3 Å². The number of methoxy groups -OCH3 is 1. The third kappa shape index (κ3) is 4.21. The normalized spacial score (nSPS) is 10.0. The molecule has 0 aliphatic rings. The lowest BCUT2D eigenvalue weighted by Gasteiger charge is -2.08. The number of hydrogen-bond acceptors (Lipinski definition) is 4. The molecule has 1 amide bonds. The number of carbonyl (C=O) groups excluding carboxylic acids is 1. The number of pyridine rings is 1. The van der Waals surface area contributed by atoms with Crippen LogP contribution in [-0.4, -0.2) is 24.5 Å². The van der Waals surface area contributed by atoms with Crippen molar-refractivity contribution in [1.29, 1.82) is 0 Å². The minimum atomic E-state index is -0.148. The summed E-state index contributed by atoms with van der Waals surface area (Å²) >= 11 is 0. The number of ether oxygens (including phenoxy) is 1. The van der Waals surface area contributed by atoms with Gasteiger partial charge in [-0.3, -0.25) is 4.79 Å². The Balaban J connectivity index is 2.03. The van der Waals surface area contributed by atoms with E-state index < -0.39 is 0 Å². The van der Waals surface area contributed by atoms with E-state index in [1.165, 1.54) is 0 Å². The van der Waals surface area contributed by atoms with Crippen LogP contribution in [0.25, 0.3) is 0 Å². The first-order valence-electron chi connectivity index (χ1n) is 6.88. The zero-order chi connectivity index (χ0) is 15.1. The van der Waals surface area contributed by atoms with E-state index in [1.54, 1.807) is 19.4 Å². The van der Waals surface area contributed by atoms with E-state index in [-0.39, 0.29) is 5.91 Å². The second-order valence-electron chi connectivity index (χ2n) is 4.54. The maximum Gasteiger partial charge on any atom is 0.269 e. The highest BCUT2D eigenvalue weighted by molar-refractivity contribution is 5.92. The molecular formula is C16H19N3O2. The maximum absolute atomic E-state index is 11.7. The molecule has 0 atom stereocenters. The van der Waals surface area contributed by atoms with Crippen molar-refractivity contribution in [2.45, 2.75) is 13.3 Å². The monoisotopic (exact) mass is 285 g/mol. The Hall–Kier alpha value is -2.56. The number of benzene rings is 1. The average molecular weight is 285 g/mol. The van der Waals surface area contributed by atoms with Crippen LogP contribution in [0.1, 0.15) is 23.8 Å². The van der Waals surface area contributed by atoms with Gasteiger partial charge < -0.3 is 15.4 Å². The smallest absolute Gasteiger partial charge is 0.269 e. The molecule has 0 bridgehead atoms. The van der Waals surface area contributed by atoms with E-state index in [4.69, 9.17) is 4.74 Å². The lowest BCUT2D eigenvalue weighted by molar-refractivity contribution is 0.0949. The summed E-state index contributed by atoms with van der Waals surface area (Å²) in [5, 5.41) is 6.01. The van der Waals surface area contributed by atoms with Crippen LogP contribution in [-0.2, 0) is 0 Å². The number of anilines is 2. The third-order valence-corrected chi connectivity index (χ3v) is 2.89. The van der Waals surface area contributed by atoms with Crippen molar-refractivity contribution in [3.8, 4) is 5.75 Å². The van der Waals surface area contributed by atoms with Crippen LogP contribution < -0.4 is 15.4 Å². The van der Waals surface area contributed by atoms with Crippen molar-refractivity contribution in [3.05, 3.63) is 48.3 Å². The molecule has 1 aromatic heterocycles. The molecule has 1 heterocycles. The Morgan fingerprint density at radius 2 is 2.10 bits per heavy atom. The fraction of sp³-hybridized carbons (Fsp3) is 0.250. The van der Waals surface area contributed by atoms with Gasteiger partial charge in [-0.25, -0.2) is 4.98 Å². The van der Waals surface area contributed by atoms with Crippen molar-refractivity contribution < 1.29 is 9.53 Å². The molecule has 0 aliphatic heterocycles. The fourth-order valence-electron chi connectivity index (χ4n) is 1.80. The summed E-state index contributed by atoms with van der Waals surface area (Å²) in [4.78, 5) is 15.9. The largest absolute Gasteiger partial charge is 0.497 e. The molecule has 0 spiro atoms. The molecule has 0 radical (unpaired) electrons. The Bertz CT molecular complexity index is 597. The number of hydrogen-bond donors (Lipinski definition) is 2. The number of nitrogens with zero attached hydrogens (tertiary/aromatic N) is 1. The van der Waals surface area contributed by atoms with Crippen molar-refractivity contribution >= 4 is 17.3 Å². The summed E-state index contributed by atoms with van der Waals surface area (Å²) in [5.41, 5.74) is 2.13. The fourth-order valence-corrected chi connectivity index (χ4v) is 1.80. The van der Waals surface area contributed by atoms with Crippen LogP contribution in [0.4, 0.5) is 11.4 Å². The van der Waals surface area contributed by atoms with Crippen molar-refractivity contribution in [2.75, 3.05) is 19.0 Å². The molecule has 2 N–H and O–H groups in total. The minimum absolute atomic E-state index is 0.148. The van der Waals surface area contributed by atoms with Crippen LogP contribution in [0, 0.1) is 0 Å². The first kappa shape index (κ1) is 14.8. The molecule has 0 saturated carbocycles. The Kier molecular flexibility index (Phi) is 5.15. The second kappa shape index (κ2) is 7.28. The highest BCUT2D eigenvalue weighted by Gasteiger charge is 2.06. The summed E-state index contributed by atoms with van der Waals surface area (Å²) in [5.74, 6) is 0.633. The van der Waals surface area contributed by atoms with Gasteiger partial charge in [0, 0.05) is 18.3 Å². The Morgan fingerprint density at radius 3 is 2.76 bits per heavy atom. The molecule has 1 aromatic carbocycles. The van der Waals surface area contributed by atoms with E-state index in [0.717, 1.165) is 23.5 Å². The van der Waals surface area contributed by atoms with Gasteiger partial charge in [-0.05, 0) is 30.7 Å². The zero-order valence-electron chi connectivity index (χ0n) is 12.2. The average Bonchev–Trinajstić information content (AvgIpc) is 2.53.